The number of thioether (sulfide) groups is 1. The Balaban J connectivity index is 1.99. The van der Waals surface area contributed by atoms with Crippen molar-refractivity contribution in [3.05, 3.63) is 30.6 Å². The molecule has 0 aliphatic heterocycles. The molecule has 18 heavy (non-hydrogen) atoms. The zero-order valence-electron chi connectivity index (χ0n) is 10.5. The summed E-state index contributed by atoms with van der Waals surface area (Å²) in [6.07, 6.45) is 4.06. The molecule has 1 aromatic carbocycles. The Bertz CT molecular complexity index is 497. The first-order valence-electron chi connectivity index (χ1n) is 6.24. The van der Waals surface area contributed by atoms with Crippen molar-refractivity contribution in [3.8, 4) is 0 Å². The number of benzene rings is 1. The van der Waals surface area contributed by atoms with Crippen LogP contribution in [0.25, 0.3) is 10.9 Å². The monoisotopic (exact) mass is 278 g/mol. The van der Waals surface area contributed by atoms with Gasteiger partial charge in [-0.25, -0.2) is 9.97 Å². The molecule has 2 rings (SSSR count). The van der Waals surface area contributed by atoms with Crippen LogP contribution in [0.5, 0.6) is 0 Å². The Morgan fingerprint density at radius 1 is 1.22 bits per heavy atom. The number of para-hydroxylation sites is 1. The SMILES string of the molecule is CC(CCS)CCSc1ncnc2ccccc12. The standard InChI is InChI=1S/C14H18N2S2/c1-11(6-8-17)7-9-18-14-12-4-2-3-5-13(12)15-10-16-14/h2-5,10-11,17H,6-9H2,1H3. The van der Waals surface area contributed by atoms with E-state index in [1.807, 2.05) is 30.0 Å². The van der Waals surface area contributed by atoms with Crippen LogP contribution in [0.3, 0.4) is 0 Å². The highest BCUT2D eigenvalue weighted by Gasteiger charge is 2.05. The molecule has 0 spiro atoms. The molecule has 0 saturated heterocycles. The highest BCUT2D eigenvalue weighted by atomic mass is 32.2. The van der Waals surface area contributed by atoms with Crippen LogP contribution >= 0.6 is 24.4 Å². The van der Waals surface area contributed by atoms with Crippen LogP contribution in [0.4, 0.5) is 0 Å². The minimum absolute atomic E-state index is 0.739. The Morgan fingerprint density at radius 2 is 2.06 bits per heavy atom. The summed E-state index contributed by atoms with van der Waals surface area (Å²) >= 11 is 6.10. The second-order valence-corrected chi connectivity index (χ2v) is 5.98. The molecule has 0 aliphatic rings. The van der Waals surface area contributed by atoms with E-state index in [1.54, 1.807) is 6.33 Å². The summed E-state index contributed by atoms with van der Waals surface area (Å²) in [5.74, 6) is 2.82. The van der Waals surface area contributed by atoms with Crippen molar-refractivity contribution < 1.29 is 0 Å². The molecule has 4 heteroatoms. The van der Waals surface area contributed by atoms with Crippen molar-refractivity contribution in [3.63, 3.8) is 0 Å². The van der Waals surface area contributed by atoms with Crippen LogP contribution in [-0.4, -0.2) is 21.5 Å². The zero-order chi connectivity index (χ0) is 12.8. The molecular weight excluding hydrogens is 260 g/mol. The lowest BCUT2D eigenvalue weighted by Gasteiger charge is -2.09. The molecule has 0 N–H and O–H groups in total. The van der Waals surface area contributed by atoms with E-state index >= 15 is 0 Å². The molecule has 0 saturated carbocycles. The predicted octanol–water partition coefficient (Wildman–Crippen LogP) is 4.07. The summed E-state index contributed by atoms with van der Waals surface area (Å²) in [5, 5.41) is 2.26. The molecule has 0 aliphatic carbocycles. The minimum Gasteiger partial charge on any atom is -0.236 e. The number of hydrogen-bond donors (Lipinski definition) is 1. The van der Waals surface area contributed by atoms with Crippen molar-refractivity contribution in [2.75, 3.05) is 11.5 Å². The largest absolute Gasteiger partial charge is 0.236 e. The number of hydrogen-bond acceptors (Lipinski definition) is 4. The Labute approximate surface area is 118 Å². The minimum atomic E-state index is 0.739. The molecule has 0 bridgehead atoms. The summed E-state index contributed by atoms with van der Waals surface area (Å²) in [6.45, 7) is 2.29. The number of aromatic nitrogens is 2. The number of nitrogens with zero attached hydrogens (tertiary/aromatic N) is 2. The van der Waals surface area contributed by atoms with Gasteiger partial charge in [0.05, 0.1) is 5.52 Å². The van der Waals surface area contributed by atoms with Crippen LogP contribution < -0.4 is 0 Å². The van der Waals surface area contributed by atoms with Gasteiger partial charge in [-0.2, -0.15) is 12.6 Å². The van der Waals surface area contributed by atoms with E-state index in [1.165, 1.54) is 12.8 Å². The highest BCUT2D eigenvalue weighted by molar-refractivity contribution is 7.99. The van der Waals surface area contributed by atoms with Gasteiger partial charge in [-0.3, -0.25) is 0 Å². The molecule has 96 valence electrons. The van der Waals surface area contributed by atoms with Gasteiger partial charge in [0.1, 0.15) is 11.4 Å². The Morgan fingerprint density at radius 3 is 2.89 bits per heavy atom. The lowest BCUT2D eigenvalue weighted by molar-refractivity contribution is 0.554. The summed E-state index contributed by atoms with van der Waals surface area (Å²) in [6, 6.07) is 8.18. The van der Waals surface area contributed by atoms with Gasteiger partial charge in [-0.1, -0.05) is 25.1 Å². The van der Waals surface area contributed by atoms with Crippen LogP contribution in [0, 0.1) is 5.92 Å². The first-order chi connectivity index (χ1) is 8.81. The van der Waals surface area contributed by atoms with Crippen molar-refractivity contribution >= 4 is 35.3 Å². The molecule has 1 heterocycles. The normalized spacial score (nSPS) is 12.8. The molecule has 1 atom stereocenters. The van der Waals surface area contributed by atoms with E-state index < -0.39 is 0 Å². The van der Waals surface area contributed by atoms with Crippen LogP contribution in [0.1, 0.15) is 19.8 Å². The smallest absolute Gasteiger partial charge is 0.117 e. The molecule has 0 amide bonds. The van der Waals surface area contributed by atoms with E-state index in [0.29, 0.717) is 0 Å². The third kappa shape index (κ3) is 3.62. The van der Waals surface area contributed by atoms with E-state index in [4.69, 9.17) is 0 Å². The third-order valence-corrected chi connectivity index (χ3v) is 4.27. The maximum absolute atomic E-state index is 4.39. The fraction of sp³-hybridized carbons (Fsp3) is 0.429. The third-order valence-electron chi connectivity index (χ3n) is 2.98. The summed E-state index contributed by atoms with van der Waals surface area (Å²) in [4.78, 5) is 8.67. The first-order valence-corrected chi connectivity index (χ1v) is 7.86. The lowest BCUT2D eigenvalue weighted by Crippen LogP contribution is -1.97. The van der Waals surface area contributed by atoms with Crippen molar-refractivity contribution in [2.24, 2.45) is 5.92 Å². The maximum atomic E-state index is 4.39. The van der Waals surface area contributed by atoms with Crippen molar-refractivity contribution in [2.45, 2.75) is 24.8 Å². The van der Waals surface area contributed by atoms with Crippen molar-refractivity contribution in [1.82, 2.24) is 9.97 Å². The van der Waals surface area contributed by atoms with E-state index in [2.05, 4.69) is 35.6 Å². The molecule has 2 aromatic rings. The summed E-state index contributed by atoms with van der Waals surface area (Å²) in [5.41, 5.74) is 1.03. The first kappa shape index (κ1) is 13.7. The average molecular weight is 278 g/mol. The van der Waals surface area contributed by atoms with Gasteiger partial charge in [0, 0.05) is 5.39 Å². The molecule has 0 radical (unpaired) electrons. The van der Waals surface area contributed by atoms with Gasteiger partial charge in [0.2, 0.25) is 0 Å². The van der Waals surface area contributed by atoms with Crippen LogP contribution in [0.15, 0.2) is 35.6 Å². The average Bonchev–Trinajstić information content (AvgIpc) is 2.39. The number of fused-ring (bicyclic) bond motifs is 1. The fourth-order valence-corrected chi connectivity index (χ4v) is 3.42. The van der Waals surface area contributed by atoms with Crippen molar-refractivity contribution in [1.29, 1.82) is 0 Å². The Kier molecular flexibility index (Phi) is 5.32. The van der Waals surface area contributed by atoms with E-state index in [-0.39, 0.29) is 0 Å². The van der Waals surface area contributed by atoms with Gasteiger partial charge in [0.25, 0.3) is 0 Å². The van der Waals surface area contributed by atoms with Gasteiger partial charge >= 0.3 is 0 Å². The lowest BCUT2D eigenvalue weighted by atomic mass is 10.1. The summed E-state index contributed by atoms with van der Waals surface area (Å²) in [7, 11) is 0. The van der Waals surface area contributed by atoms with Gasteiger partial charge in [-0.15, -0.1) is 11.8 Å². The second kappa shape index (κ2) is 7.00. The van der Waals surface area contributed by atoms with Gasteiger partial charge < -0.3 is 0 Å². The fourth-order valence-electron chi connectivity index (χ4n) is 1.82. The molecule has 2 nitrogen and oxygen atoms in total. The van der Waals surface area contributed by atoms with Gasteiger partial charge in [-0.05, 0) is 36.3 Å². The topological polar surface area (TPSA) is 25.8 Å². The molecular formula is C14H18N2S2. The predicted molar refractivity (Wildman–Crippen MR) is 82.5 cm³/mol. The molecule has 1 aromatic heterocycles. The molecule has 1 unspecified atom stereocenters. The number of rotatable bonds is 6. The summed E-state index contributed by atoms with van der Waals surface area (Å²) < 4.78 is 0. The second-order valence-electron chi connectivity index (χ2n) is 4.45. The zero-order valence-corrected chi connectivity index (χ0v) is 12.3. The van der Waals surface area contributed by atoms with E-state index in [9.17, 15) is 0 Å². The van der Waals surface area contributed by atoms with Gasteiger partial charge in [0.15, 0.2) is 0 Å². The maximum Gasteiger partial charge on any atom is 0.117 e. The highest BCUT2D eigenvalue weighted by Crippen LogP contribution is 2.25. The van der Waals surface area contributed by atoms with Crippen LogP contribution in [0.2, 0.25) is 0 Å². The Hall–Kier alpha value is -0.740. The number of thiol groups is 1. The van der Waals surface area contributed by atoms with E-state index in [0.717, 1.165) is 33.4 Å². The molecule has 0 fully saturated rings. The van der Waals surface area contributed by atoms with Crippen LogP contribution in [-0.2, 0) is 0 Å². The quantitative estimate of drug-likeness (QED) is 0.490.